The number of hydrogen-bond donors (Lipinski definition) is 1. The molecule has 0 radical (unpaired) electrons. The van der Waals surface area contributed by atoms with Crippen LogP contribution in [0.15, 0.2) is 24.3 Å². The van der Waals surface area contributed by atoms with Crippen LogP contribution in [0.3, 0.4) is 0 Å². The molecule has 106 valence electrons. The average Bonchev–Trinajstić information content (AvgIpc) is 2.75. The van der Waals surface area contributed by atoms with Gasteiger partial charge in [0.1, 0.15) is 11.4 Å². The van der Waals surface area contributed by atoms with Crippen LogP contribution >= 0.6 is 12.2 Å². The van der Waals surface area contributed by atoms with E-state index in [0.717, 1.165) is 17.0 Å². The fourth-order valence-corrected chi connectivity index (χ4v) is 2.18. The van der Waals surface area contributed by atoms with Crippen molar-refractivity contribution in [1.29, 1.82) is 0 Å². The van der Waals surface area contributed by atoms with Gasteiger partial charge in [0, 0.05) is 13.5 Å². The number of aromatic amines is 1. The molecule has 0 aliphatic carbocycles. The second kappa shape index (κ2) is 5.92. The second-order valence-corrected chi connectivity index (χ2v) is 4.71. The van der Waals surface area contributed by atoms with Crippen LogP contribution < -0.4 is 4.74 Å². The van der Waals surface area contributed by atoms with Gasteiger partial charge < -0.3 is 19.0 Å². The van der Waals surface area contributed by atoms with Gasteiger partial charge in [-0.05, 0) is 29.9 Å². The summed E-state index contributed by atoms with van der Waals surface area (Å²) in [5.41, 5.74) is 2.25. The Kier molecular flexibility index (Phi) is 4.24. The highest BCUT2D eigenvalue weighted by Gasteiger charge is 2.17. The maximum absolute atomic E-state index is 11.8. The molecule has 2 rings (SSSR count). The fourth-order valence-electron chi connectivity index (χ4n) is 1.97. The standard InChI is InChI=1S/C14H16N2O3S/c1-16-11(12(13(17)19-3)15-14(16)20)8-9-4-6-10(18-2)7-5-9/h4-7H,8H2,1-3H3,(H,15,20). The number of methoxy groups -OCH3 is 2. The minimum absolute atomic E-state index is 0.399. The van der Waals surface area contributed by atoms with Crippen LogP contribution in [-0.2, 0) is 18.2 Å². The first-order chi connectivity index (χ1) is 9.56. The second-order valence-electron chi connectivity index (χ2n) is 4.33. The molecule has 0 fully saturated rings. The third-order valence-electron chi connectivity index (χ3n) is 3.15. The van der Waals surface area contributed by atoms with Gasteiger partial charge in [-0.15, -0.1) is 0 Å². The highest BCUT2D eigenvalue weighted by atomic mass is 32.1. The largest absolute Gasteiger partial charge is 0.497 e. The van der Waals surface area contributed by atoms with Crippen molar-refractivity contribution < 1.29 is 14.3 Å². The number of H-pyrrole nitrogens is 1. The van der Waals surface area contributed by atoms with Crippen molar-refractivity contribution in [2.75, 3.05) is 14.2 Å². The van der Waals surface area contributed by atoms with Crippen LogP contribution in [0.4, 0.5) is 0 Å². The molecule has 0 amide bonds. The Morgan fingerprint density at radius 3 is 2.50 bits per heavy atom. The van der Waals surface area contributed by atoms with E-state index in [9.17, 15) is 4.79 Å². The number of hydrogen-bond acceptors (Lipinski definition) is 4. The average molecular weight is 292 g/mol. The highest BCUT2D eigenvalue weighted by Crippen LogP contribution is 2.17. The van der Waals surface area contributed by atoms with Gasteiger partial charge in [-0.2, -0.15) is 0 Å². The van der Waals surface area contributed by atoms with Gasteiger partial charge in [0.15, 0.2) is 4.77 Å². The molecule has 0 atom stereocenters. The summed E-state index contributed by atoms with van der Waals surface area (Å²) in [5.74, 6) is 0.379. The molecule has 0 spiro atoms. The minimum atomic E-state index is -0.416. The molecule has 1 aromatic heterocycles. The van der Waals surface area contributed by atoms with Gasteiger partial charge in [-0.25, -0.2) is 4.79 Å². The summed E-state index contributed by atoms with van der Waals surface area (Å²) >= 11 is 5.16. The molecule has 1 aromatic carbocycles. The molecule has 20 heavy (non-hydrogen) atoms. The molecule has 1 heterocycles. The summed E-state index contributed by atoms with van der Waals surface area (Å²) in [6.07, 6.45) is 0.581. The minimum Gasteiger partial charge on any atom is -0.497 e. The number of carbonyl (C=O) groups is 1. The molecular weight excluding hydrogens is 276 g/mol. The van der Waals surface area contributed by atoms with E-state index in [4.69, 9.17) is 21.7 Å². The zero-order valence-electron chi connectivity index (χ0n) is 11.6. The van der Waals surface area contributed by atoms with Crippen molar-refractivity contribution in [1.82, 2.24) is 9.55 Å². The van der Waals surface area contributed by atoms with Gasteiger partial charge in [0.2, 0.25) is 0 Å². The van der Waals surface area contributed by atoms with Crippen molar-refractivity contribution in [3.05, 3.63) is 46.0 Å². The maximum Gasteiger partial charge on any atom is 0.356 e. The van der Waals surface area contributed by atoms with Crippen LogP contribution in [0.1, 0.15) is 21.7 Å². The third-order valence-corrected chi connectivity index (χ3v) is 3.53. The Morgan fingerprint density at radius 1 is 1.30 bits per heavy atom. The number of imidazole rings is 1. The number of nitrogens with one attached hydrogen (secondary N) is 1. The van der Waals surface area contributed by atoms with Crippen LogP contribution in [0.25, 0.3) is 0 Å². The van der Waals surface area contributed by atoms with Crippen molar-refractivity contribution in [2.45, 2.75) is 6.42 Å². The number of ether oxygens (including phenoxy) is 2. The summed E-state index contributed by atoms with van der Waals surface area (Å²) in [6.45, 7) is 0. The number of nitrogens with zero attached hydrogens (tertiary/aromatic N) is 1. The van der Waals surface area contributed by atoms with Crippen LogP contribution in [-0.4, -0.2) is 29.7 Å². The van der Waals surface area contributed by atoms with Gasteiger partial charge in [-0.3, -0.25) is 0 Å². The first-order valence-corrected chi connectivity index (χ1v) is 6.46. The van der Waals surface area contributed by atoms with Crippen LogP contribution in [0.5, 0.6) is 5.75 Å². The Balaban J connectivity index is 2.36. The zero-order chi connectivity index (χ0) is 14.7. The Hall–Kier alpha value is -2.08. The van der Waals surface area contributed by atoms with Crippen molar-refractivity contribution >= 4 is 18.2 Å². The normalized spacial score (nSPS) is 10.3. The lowest BCUT2D eigenvalue weighted by Crippen LogP contribution is -2.08. The first kappa shape index (κ1) is 14.3. The van der Waals surface area contributed by atoms with E-state index in [2.05, 4.69) is 4.98 Å². The van der Waals surface area contributed by atoms with Crippen LogP contribution in [0, 0.1) is 4.77 Å². The molecule has 0 bridgehead atoms. The summed E-state index contributed by atoms with van der Waals surface area (Å²) in [7, 11) is 4.80. The first-order valence-electron chi connectivity index (χ1n) is 6.06. The van der Waals surface area contributed by atoms with Gasteiger partial charge >= 0.3 is 5.97 Å². The topological polar surface area (TPSA) is 56.2 Å². The number of carbonyl (C=O) groups excluding carboxylic acids is 1. The van der Waals surface area contributed by atoms with Crippen molar-refractivity contribution in [2.24, 2.45) is 7.05 Å². The zero-order valence-corrected chi connectivity index (χ0v) is 12.4. The molecular formula is C14H16N2O3S. The monoisotopic (exact) mass is 292 g/mol. The number of benzene rings is 1. The van der Waals surface area contributed by atoms with E-state index >= 15 is 0 Å². The van der Waals surface area contributed by atoms with Crippen molar-refractivity contribution in [3.8, 4) is 5.75 Å². The summed E-state index contributed by atoms with van der Waals surface area (Å²) in [5, 5.41) is 0. The molecule has 0 aliphatic heterocycles. The predicted octanol–water partition coefficient (Wildman–Crippen LogP) is 2.47. The third kappa shape index (κ3) is 2.75. The maximum atomic E-state index is 11.8. The lowest BCUT2D eigenvalue weighted by atomic mass is 10.1. The van der Waals surface area contributed by atoms with E-state index in [-0.39, 0.29) is 0 Å². The molecule has 0 saturated carbocycles. The van der Waals surface area contributed by atoms with Gasteiger partial charge in [0.05, 0.1) is 19.9 Å². The summed E-state index contributed by atoms with van der Waals surface area (Å²) in [4.78, 5) is 14.6. The molecule has 0 saturated heterocycles. The lowest BCUT2D eigenvalue weighted by Gasteiger charge is -2.06. The SMILES string of the molecule is COC(=O)c1[nH]c(=S)n(C)c1Cc1ccc(OC)cc1. The molecule has 0 unspecified atom stereocenters. The van der Waals surface area contributed by atoms with Gasteiger partial charge in [-0.1, -0.05) is 12.1 Å². The van der Waals surface area contributed by atoms with E-state index in [1.54, 1.807) is 11.7 Å². The highest BCUT2D eigenvalue weighted by molar-refractivity contribution is 7.71. The molecule has 0 aliphatic rings. The molecule has 6 heteroatoms. The molecule has 5 nitrogen and oxygen atoms in total. The number of aromatic nitrogens is 2. The smallest absolute Gasteiger partial charge is 0.356 e. The van der Waals surface area contributed by atoms with E-state index in [0.29, 0.717) is 16.9 Å². The summed E-state index contributed by atoms with van der Waals surface area (Å²) in [6, 6.07) is 7.68. The fraction of sp³-hybridized carbons (Fsp3) is 0.286. The predicted molar refractivity (Wildman–Crippen MR) is 77.7 cm³/mol. The van der Waals surface area contributed by atoms with Crippen molar-refractivity contribution in [3.63, 3.8) is 0 Å². The van der Waals surface area contributed by atoms with Gasteiger partial charge in [0.25, 0.3) is 0 Å². The Morgan fingerprint density at radius 2 is 1.95 bits per heavy atom. The Labute approximate surface area is 122 Å². The van der Waals surface area contributed by atoms with Crippen LogP contribution in [0.2, 0.25) is 0 Å². The van der Waals surface area contributed by atoms with E-state index < -0.39 is 5.97 Å². The summed E-state index contributed by atoms with van der Waals surface area (Å²) < 4.78 is 12.2. The van der Waals surface area contributed by atoms with E-state index in [1.165, 1.54) is 7.11 Å². The molecule has 1 N–H and O–H groups in total. The number of rotatable bonds is 4. The quantitative estimate of drug-likeness (QED) is 0.695. The lowest BCUT2D eigenvalue weighted by molar-refractivity contribution is 0.0593. The van der Waals surface area contributed by atoms with E-state index in [1.807, 2.05) is 31.3 Å². The molecule has 2 aromatic rings. The number of esters is 1. The Bertz CT molecular complexity index is 671.